The molecule has 0 heterocycles. The zero-order valence-electron chi connectivity index (χ0n) is 13.2. The molecule has 0 aliphatic carbocycles. The maximum Gasteiger partial charge on any atom is 0.303 e. The molecule has 0 amide bonds. The van der Waals surface area contributed by atoms with Gasteiger partial charge in [0, 0.05) is 6.42 Å². The minimum atomic E-state index is -0.761. The number of rotatable bonds is 14. The molecule has 21 heavy (non-hydrogen) atoms. The Labute approximate surface area is 128 Å². The number of aliphatic hydroxyl groups is 3. The molecule has 5 heteroatoms. The third-order valence-electron chi connectivity index (χ3n) is 3.75. The van der Waals surface area contributed by atoms with Gasteiger partial charge in [0.15, 0.2) is 0 Å². The van der Waals surface area contributed by atoms with Crippen molar-refractivity contribution in [3.8, 4) is 0 Å². The van der Waals surface area contributed by atoms with E-state index in [4.69, 9.17) is 5.11 Å². The highest BCUT2D eigenvalue weighted by molar-refractivity contribution is 5.66. The Morgan fingerprint density at radius 1 is 0.810 bits per heavy atom. The molecule has 3 unspecified atom stereocenters. The van der Waals surface area contributed by atoms with Crippen molar-refractivity contribution in [1.82, 2.24) is 0 Å². The van der Waals surface area contributed by atoms with Crippen molar-refractivity contribution in [2.75, 3.05) is 0 Å². The largest absolute Gasteiger partial charge is 0.481 e. The predicted molar refractivity (Wildman–Crippen MR) is 82.1 cm³/mol. The third-order valence-corrected chi connectivity index (χ3v) is 3.75. The SMILES string of the molecule is CCCC(O)CCC(O)C(O)CCCCCCCC(=O)O. The van der Waals surface area contributed by atoms with Crippen LogP contribution in [0.4, 0.5) is 0 Å². The van der Waals surface area contributed by atoms with Crippen LogP contribution in [0.2, 0.25) is 0 Å². The lowest BCUT2D eigenvalue weighted by Crippen LogP contribution is -2.27. The average molecular weight is 304 g/mol. The number of hydrogen-bond donors (Lipinski definition) is 4. The number of carbonyl (C=O) groups is 1. The molecule has 0 spiro atoms. The van der Waals surface area contributed by atoms with E-state index in [-0.39, 0.29) is 12.5 Å². The fraction of sp³-hybridized carbons (Fsp3) is 0.938. The van der Waals surface area contributed by atoms with E-state index in [1.807, 2.05) is 6.92 Å². The Bertz CT molecular complexity index is 257. The molecule has 0 aliphatic rings. The van der Waals surface area contributed by atoms with Gasteiger partial charge in [0.2, 0.25) is 0 Å². The maximum atomic E-state index is 10.3. The van der Waals surface area contributed by atoms with Gasteiger partial charge in [0.1, 0.15) is 0 Å². The number of carboxylic acids is 1. The standard InChI is InChI=1S/C16H32O5/c1-2-8-13(17)11-12-15(19)14(18)9-6-4-3-5-7-10-16(20)21/h13-15,17-19H,2-12H2,1H3,(H,20,21). The summed E-state index contributed by atoms with van der Waals surface area (Å²) in [7, 11) is 0. The summed E-state index contributed by atoms with van der Waals surface area (Å²) in [4.78, 5) is 10.3. The van der Waals surface area contributed by atoms with Crippen molar-refractivity contribution in [2.24, 2.45) is 0 Å². The fourth-order valence-electron chi connectivity index (χ4n) is 2.39. The van der Waals surface area contributed by atoms with E-state index in [2.05, 4.69) is 0 Å². The van der Waals surface area contributed by atoms with E-state index >= 15 is 0 Å². The summed E-state index contributed by atoms with van der Waals surface area (Å²) < 4.78 is 0. The second kappa shape index (κ2) is 13.0. The van der Waals surface area contributed by atoms with Crippen LogP contribution in [0.1, 0.15) is 77.6 Å². The molecule has 0 bridgehead atoms. The summed E-state index contributed by atoms with van der Waals surface area (Å²) in [6.45, 7) is 2.00. The van der Waals surface area contributed by atoms with Crippen LogP contribution in [0, 0.1) is 0 Å². The molecular formula is C16H32O5. The van der Waals surface area contributed by atoms with E-state index in [1.165, 1.54) is 0 Å². The first-order valence-electron chi connectivity index (χ1n) is 8.23. The van der Waals surface area contributed by atoms with Crippen LogP contribution in [0.3, 0.4) is 0 Å². The van der Waals surface area contributed by atoms with E-state index in [9.17, 15) is 20.1 Å². The summed E-state index contributed by atoms with van der Waals surface area (Å²) in [5, 5.41) is 37.7. The monoisotopic (exact) mass is 304 g/mol. The van der Waals surface area contributed by atoms with Gasteiger partial charge in [-0.3, -0.25) is 4.79 Å². The predicted octanol–water partition coefficient (Wildman–Crippen LogP) is 2.46. The highest BCUT2D eigenvalue weighted by atomic mass is 16.4. The normalized spacial score (nSPS) is 15.6. The van der Waals surface area contributed by atoms with Crippen molar-refractivity contribution >= 4 is 5.97 Å². The Kier molecular flexibility index (Phi) is 12.6. The lowest BCUT2D eigenvalue weighted by molar-refractivity contribution is -0.137. The Morgan fingerprint density at radius 3 is 2.00 bits per heavy atom. The molecule has 0 rings (SSSR count). The first kappa shape index (κ1) is 20.3. The van der Waals surface area contributed by atoms with Crippen LogP contribution in [0.25, 0.3) is 0 Å². The van der Waals surface area contributed by atoms with Crippen molar-refractivity contribution in [3.05, 3.63) is 0 Å². The van der Waals surface area contributed by atoms with Crippen molar-refractivity contribution in [2.45, 2.75) is 95.9 Å². The quantitative estimate of drug-likeness (QED) is 0.370. The maximum absolute atomic E-state index is 10.3. The number of aliphatic carboxylic acids is 1. The molecule has 5 nitrogen and oxygen atoms in total. The molecule has 0 fully saturated rings. The van der Waals surface area contributed by atoms with Crippen LogP contribution < -0.4 is 0 Å². The summed E-state index contributed by atoms with van der Waals surface area (Å²) >= 11 is 0. The van der Waals surface area contributed by atoms with Crippen LogP contribution in [-0.2, 0) is 4.79 Å². The number of carboxylic acid groups (broad SMARTS) is 1. The lowest BCUT2D eigenvalue weighted by atomic mass is 9.99. The molecule has 0 saturated heterocycles. The van der Waals surface area contributed by atoms with E-state index in [0.29, 0.717) is 25.7 Å². The molecule has 0 aromatic rings. The van der Waals surface area contributed by atoms with Crippen LogP contribution >= 0.6 is 0 Å². The number of unbranched alkanes of at least 4 members (excludes halogenated alkanes) is 4. The summed E-state index contributed by atoms with van der Waals surface area (Å²) in [6.07, 6.45) is 5.88. The van der Waals surface area contributed by atoms with Gasteiger partial charge in [-0.05, 0) is 32.1 Å². The average Bonchev–Trinajstić information content (AvgIpc) is 2.43. The van der Waals surface area contributed by atoms with Gasteiger partial charge in [0.25, 0.3) is 0 Å². The first-order valence-corrected chi connectivity index (χ1v) is 8.23. The molecular weight excluding hydrogens is 272 g/mol. The number of aliphatic hydroxyl groups excluding tert-OH is 3. The molecule has 0 aliphatic heterocycles. The second-order valence-corrected chi connectivity index (χ2v) is 5.85. The fourth-order valence-corrected chi connectivity index (χ4v) is 2.39. The minimum Gasteiger partial charge on any atom is -0.481 e. The van der Waals surface area contributed by atoms with Gasteiger partial charge in [-0.1, -0.05) is 39.0 Å². The summed E-state index contributed by atoms with van der Waals surface area (Å²) in [5.74, 6) is -0.751. The van der Waals surface area contributed by atoms with Crippen molar-refractivity contribution < 1.29 is 25.2 Å². The van der Waals surface area contributed by atoms with Crippen molar-refractivity contribution in [1.29, 1.82) is 0 Å². The first-order chi connectivity index (χ1) is 9.97. The van der Waals surface area contributed by atoms with Crippen molar-refractivity contribution in [3.63, 3.8) is 0 Å². The van der Waals surface area contributed by atoms with Gasteiger partial charge in [-0.25, -0.2) is 0 Å². The van der Waals surface area contributed by atoms with Crippen LogP contribution in [0.15, 0.2) is 0 Å². The summed E-state index contributed by atoms with van der Waals surface area (Å²) in [6, 6.07) is 0. The molecule has 4 N–H and O–H groups in total. The molecule has 3 atom stereocenters. The number of hydrogen-bond acceptors (Lipinski definition) is 4. The van der Waals surface area contributed by atoms with Crippen LogP contribution in [0.5, 0.6) is 0 Å². The van der Waals surface area contributed by atoms with Gasteiger partial charge < -0.3 is 20.4 Å². The Balaban J connectivity index is 3.51. The highest BCUT2D eigenvalue weighted by Crippen LogP contribution is 2.14. The van der Waals surface area contributed by atoms with Gasteiger partial charge in [0.05, 0.1) is 18.3 Å². The Hall–Kier alpha value is -0.650. The smallest absolute Gasteiger partial charge is 0.303 e. The minimum absolute atomic E-state index is 0.224. The van der Waals surface area contributed by atoms with Crippen LogP contribution in [-0.4, -0.2) is 44.7 Å². The zero-order chi connectivity index (χ0) is 16.1. The van der Waals surface area contributed by atoms with E-state index in [0.717, 1.165) is 38.5 Å². The summed E-state index contributed by atoms with van der Waals surface area (Å²) in [5.41, 5.74) is 0. The van der Waals surface area contributed by atoms with Gasteiger partial charge in [-0.2, -0.15) is 0 Å². The van der Waals surface area contributed by atoms with E-state index in [1.54, 1.807) is 0 Å². The lowest BCUT2D eigenvalue weighted by Gasteiger charge is -2.19. The second-order valence-electron chi connectivity index (χ2n) is 5.85. The Morgan fingerprint density at radius 2 is 1.38 bits per heavy atom. The third kappa shape index (κ3) is 12.8. The molecule has 0 radical (unpaired) electrons. The molecule has 0 aromatic heterocycles. The zero-order valence-corrected chi connectivity index (χ0v) is 13.2. The van der Waals surface area contributed by atoms with Gasteiger partial charge >= 0.3 is 5.97 Å². The topological polar surface area (TPSA) is 98.0 Å². The molecule has 0 aromatic carbocycles. The molecule has 0 saturated carbocycles. The van der Waals surface area contributed by atoms with E-state index < -0.39 is 18.2 Å². The molecule has 126 valence electrons. The highest BCUT2D eigenvalue weighted by Gasteiger charge is 2.17. The van der Waals surface area contributed by atoms with Gasteiger partial charge in [-0.15, -0.1) is 0 Å².